The Bertz CT molecular complexity index is 205. The minimum Gasteiger partial charge on any atom is -0.368 e. The third-order valence-corrected chi connectivity index (χ3v) is 3.16. The predicted octanol–water partition coefficient (Wildman–Crippen LogP) is 1.42. The first-order valence-electron chi connectivity index (χ1n) is 5.54. The molecule has 0 aliphatic heterocycles. The minimum absolute atomic E-state index is 0.182. The van der Waals surface area contributed by atoms with E-state index in [1.54, 1.807) is 0 Å². The van der Waals surface area contributed by atoms with Crippen LogP contribution in [0.2, 0.25) is 0 Å². The highest BCUT2D eigenvalue weighted by atomic mass is 16.1. The zero-order valence-corrected chi connectivity index (χ0v) is 9.47. The molecule has 0 aromatic heterocycles. The van der Waals surface area contributed by atoms with E-state index >= 15 is 0 Å². The third kappa shape index (κ3) is 2.47. The minimum atomic E-state index is -0.430. The topological polar surface area (TPSA) is 55.1 Å². The second-order valence-corrected chi connectivity index (χ2v) is 4.93. The van der Waals surface area contributed by atoms with E-state index < -0.39 is 5.54 Å². The zero-order chi connectivity index (χ0) is 10.8. The maximum absolute atomic E-state index is 11.5. The lowest BCUT2D eigenvalue weighted by molar-refractivity contribution is -0.126. The third-order valence-electron chi connectivity index (χ3n) is 3.16. The second-order valence-electron chi connectivity index (χ2n) is 4.93. The summed E-state index contributed by atoms with van der Waals surface area (Å²) in [5, 5.41) is 3.34. The molecule has 1 aliphatic rings. The molecule has 0 aromatic rings. The Morgan fingerprint density at radius 2 is 1.93 bits per heavy atom. The maximum Gasteiger partial charge on any atom is 0.237 e. The average Bonchev–Trinajstić information content (AvgIpc) is 2.08. The highest BCUT2D eigenvalue weighted by molar-refractivity contribution is 5.84. The van der Waals surface area contributed by atoms with Crippen LogP contribution in [-0.2, 0) is 4.79 Å². The highest BCUT2D eigenvalue weighted by Crippen LogP contribution is 2.32. The van der Waals surface area contributed by atoms with Gasteiger partial charge in [0, 0.05) is 6.04 Å². The number of amides is 1. The smallest absolute Gasteiger partial charge is 0.237 e. The Balaban J connectivity index is 2.68. The first-order valence-corrected chi connectivity index (χ1v) is 5.54. The summed E-state index contributed by atoms with van der Waals surface area (Å²) in [5.74, 6) is 0.550. The summed E-state index contributed by atoms with van der Waals surface area (Å²) in [6.07, 6.45) is 3.98. The van der Waals surface area contributed by atoms with Crippen LogP contribution in [0.4, 0.5) is 0 Å². The molecule has 0 saturated heterocycles. The van der Waals surface area contributed by atoms with E-state index in [2.05, 4.69) is 26.1 Å². The van der Waals surface area contributed by atoms with Gasteiger partial charge in [0.1, 0.15) is 0 Å². The van der Waals surface area contributed by atoms with Crippen LogP contribution in [0, 0.1) is 5.92 Å². The average molecular weight is 198 g/mol. The fraction of sp³-hybridized carbons (Fsp3) is 0.909. The number of carbonyl (C=O) groups is 1. The SMILES string of the molecule is CC1CCC(NC(C)C)(C(N)=O)CC1. The van der Waals surface area contributed by atoms with Crippen molar-refractivity contribution in [3.63, 3.8) is 0 Å². The van der Waals surface area contributed by atoms with Crippen molar-refractivity contribution in [3.8, 4) is 0 Å². The van der Waals surface area contributed by atoms with Gasteiger partial charge in [0.15, 0.2) is 0 Å². The molecule has 1 rings (SSSR count). The molecule has 0 unspecified atom stereocenters. The van der Waals surface area contributed by atoms with Crippen molar-refractivity contribution < 1.29 is 4.79 Å². The fourth-order valence-electron chi connectivity index (χ4n) is 2.27. The van der Waals surface area contributed by atoms with E-state index in [9.17, 15) is 4.79 Å². The Morgan fingerprint density at radius 3 is 2.29 bits per heavy atom. The van der Waals surface area contributed by atoms with Gasteiger partial charge in [-0.1, -0.05) is 6.92 Å². The molecule has 0 heterocycles. The van der Waals surface area contributed by atoms with Gasteiger partial charge in [0.2, 0.25) is 5.91 Å². The van der Waals surface area contributed by atoms with Gasteiger partial charge in [-0.25, -0.2) is 0 Å². The molecule has 1 aliphatic carbocycles. The lowest BCUT2D eigenvalue weighted by Gasteiger charge is -2.39. The number of rotatable bonds is 3. The van der Waals surface area contributed by atoms with E-state index in [4.69, 9.17) is 5.73 Å². The number of primary amides is 1. The quantitative estimate of drug-likeness (QED) is 0.720. The number of hydrogen-bond acceptors (Lipinski definition) is 2. The molecular formula is C11H22N2O. The molecule has 0 aromatic carbocycles. The molecule has 1 saturated carbocycles. The van der Waals surface area contributed by atoms with E-state index in [1.807, 2.05) is 0 Å². The van der Waals surface area contributed by atoms with Crippen LogP contribution in [0.15, 0.2) is 0 Å². The van der Waals surface area contributed by atoms with Gasteiger partial charge in [-0.3, -0.25) is 4.79 Å². The van der Waals surface area contributed by atoms with Crippen LogP contribution in [0.5, 0.6) is 0 Å². The Labute approximate surface area is 86.4 Å². The Hall–Kier alpha value is -0.570. The van der Waals surface area contributed by atoms with Gasteiger partial charge in [-0.15, -0.1) is 0 Å². The van der Waals surface area contributed by atoms with E-state index in [0.29, 0.717) is 6.04 Å². The molecule has 0 spiro atoms. The summed E-state index contributed by atoms with van der Waals surface area (Å²) in [5.41, 5.74) is 5.06. The summed E-state index contributed by atoms with van der Waals surface area (Å²) >= 11 is 0. The first-order chi connectivity index (χ1) is 6.46. The number of hydrogen-bond donors (Lipinski definition) is 2. The largest absolute Gasteiger partial charge is 0.368 e. The molecule has 3 heteroatoms. The van der Waals surface area contributed by atoms with Crippen molar-refractivity contribution in [1.29, 1.82) is 0 Å². The van der Waals surface area contributed by atoms with Crippen LogP contribution in [0.25, 0.3) is 0 Å². The highest BCUT2D eigenvalue weighted by Gasteiger charge is 2.39. The van der Waals surface area contributed by atoms with Crippen LogP contribution in [0.1, 0.15) is 46.5 Å². The predicted molar refractivity (Wildman–Crippen MR) is 57.8 cm³/mol. The molecule has 0 atom stereocenters. The lowest BCUT2D eigenvalue weighted by Crippen LogP contribution is -2.59. The van der Waals surface area contributed by atoms with Crippen molar-refractivity contribution in [2.75, 3.05) is 0 Å². The van der Waals surface area contributed by atoms with E-state index in [0.717, 1.165) is 31.6 Å². The molecule has 0 bridgehead atoms. The molecule has 3 N–H and O–H groups in total. The second kappa shape index (κ2) is 4.30. The van der Waals surface area contributed by atoms with Crippen molar-refractivity contribution >= 4 is 5.91 Å². The van der Waals surface area contributed by atoms with Gasteiger partial charge >= 0.3 is 0 Å². The summed E-state index contributed by atoms with van der Waals surface area (Å²) in [7, 11) is 0. The number of nitrogens with two attached hydrogens (primary N) is 1. The lowest BCUT2D eigenvalue weighted by atomic mass is 9.76. The van der Waals surface area contributed by atoms with E-state index in [1.165, 1.54) is 0 Å². The number of carbonyl (C=O) groups excluding carboxylic acids is 1. The summed E-state index contributed by atoms with van der Waals surface area (Å²) in [6, 6.07) is 0.316. The fourth-order valence-corrected chi connectivity index (χ4v) is 2.27. The summed E-state index contributed by atoms with van der Waals surface area (Å²) in [4.78, 5) is 11.5. The van der Waals surface area contributed by atoms with Gasteiger partial charge in [0.25, 0.3) is 0 Å². The molecule has 1 fully saturated rings. The van der Waals surface area contributed by atoms with Gasteiger partial charge in [-0.05, 0) is 45.4 Å². The van der Waals surface area contributed by atoms with Crippen molar-refractivity contribution in [2.45, 2.75) is 58.0 Å². The zero-order valence-electron chi connectivity index (χ0n) is 9.47. The van der Waals surface area contributed by atoms with E-state index in [-0.39, 0.29) is 5.91 Å². The van der Waals surface area contributed by atoms with Crippen LogP contribution >= 0.6 is 0 Å². The molecule has 1 amide bonds. The maximum atomic E-state index is 11.5. The normalized spacial score (nSPS) is 33.3. The standard InChI is InChI=1S/C11H22N2O/c1-8(2)13-11(10(12)14)6-4-9(3)5-7-11/h8-9,13H,4-7H2,1-3H3,(H2,12,14). The summed E-state index contributed by atoms with van der Waals surface area (Å²) in [6.45, 7) is 6.35. The van der Waals surface area contributed by atoms with Gasteiger partial charge in [-0.2, -0.15) is 0 Å². The van der Waals surface area contributed by atoms with Crippen LogP contribution in [0.3, 0.4) is 0 Å². The monoisotopic (exact) mass is 198 g/mol. The molecule has 0 radical (unpaired) electrons. The Morgan fingerprint density at radius 1 is 1.43 bits per heavy atom. The van der Waals surface area contributed by atoms with Crippen molar-refractivity contribution in [1.82, 2.24) is 5.32 Å². The number of nitrogens with one attached hydrogen (secondary N) is 1. The molecule has 82 valence electrons. The molecule has 3 nitrogen and oxygen atoms in total. The van der Waals surface area contributed by atoms with Gasteiger partial charge < -0.3 is 11.1 Å². The van der Waals surface area contributed by atoms with Crippen molar-refractivity contribution in [2.24, 2.45) is 11.7 Å². The first kappa shape index (κ1) is 11.5. The molecular weight excluding hydrogens is 176 g/mol. The Kier molecular flexibility index (Phi) is 3.53. The van der Waals surface area contributed by atoms with Crippen LogP contribution in [-0.4, -0.2) is 17.5 Å². The van der Waals surface area contributed by atoms with Crippen molar-refractivity contribution in [3.05, 3.63) is 0 Å². The van der Waals surface area contributed by atoms with Crippen LogP contribution < -0.4 is 11.1 Å². The molecule has 14 heavy (non-hydrogen) atoms. The summed E-state index contributed by atoms with van der Waals surface area (Å²) < 4.78 is 0. The van der Waals surface area contributed by atoms with Gasteiger partial charge in [0.05, 0.1) is 5.54 Å².